The lowest BCUT2D eigenvalue weighted by Gasteiger charge is -2.38. The van der Waals surface area contributed by atoms with Crippen molar-refractivity contribution in [2.75, 3.05) is 6.61 Å². The van der Waals surface area contributed by atoms with Crippen LogP contribution in [0, 0.1) is 23.7 Å². The van der Waals surface area contributed by atoms with Crippen molar-refractivity contribution in [2.24, 2.45) is 23.7 Å². The molecule has 0 atom stereocenters. The molecule has 0 aromatic rings. The van der Waals surface area contributed by atoms with E-state index in [9.17, 15) is 4.79 Å². The van der Waals surface area contributed by atoms with E-state index in [4.69, 9.17) is 4.74 Å². The van der Waals surface area contributed by atoms with Gasteiger partial charge in [-0.3, -0.25) is 4.79 Å². The normalized spacial score (nSPS) is 31.7. The van der Waals surface area contributed by atoms with Crippen LogP contribution >= 0.6 is 0 Å². The third kappa shape index (κ3) is 6.85. The zero-order valence-electron chi connectivity index (χ0n) is 15.5. The number of hydrogen-bond acceptors (Lipinski definition) is 2. The number of carbonyl (C=O) groups excluding carboxylic acids is 1. The number of unbranched alkanes of at least 4 members (excludes halogenated alkanes) is 2. The van der Waals surface area contributed by atoms with Crippen LogP contribution in [0.15, 0.2) is 0 Å². The van der Waals surface area contributed by atoms with Crippen LogP contribution in [-0.2, 0) is 9.53 Å². The SMILES string of the molecule is CCCCCC1CCC(C2CCC(CCOC(C)=O)CC2)CC1. The summed E-state index contributed by atoms with van der Waals surface area (Å²) in [5.74, 6) is 3.73. The van der Waals surface area contributed by atoms with Gasteiger partial charge < -0.3 is 4.74 Å². The zero-order valence-corrected chi connectivity index (χ0v) is 15.5. The van der Waals surface area contributed by atoms with Gasteiger partial charge in [-0.2, -0.15) is 0 Å². The van der Waals surface area contributed by atoms with Gasteiger partial charge in [-0.15, -0.1) is 0 Å². The molecule has 0 bridgehead atoms. The molecule has 0 amide bonds. The van der Waals surface area contributed by atoms with Crippen molar-refractivity contribution in [3.05, 3.63) is 0 Å². The van der Waals surface area contributed by atoms with Crippen LogP contribution in [0.2, 0.25) is 0 Å². The topological polar surface area (TPSA) is 26.3 Å². The summed E-state index contributed by atoms with van der Waals surface area (Å²) >= 11 is 0. The third-order valence-corrected chi connectivity index (χ3v) is 6.50. The minimum atomic E-state index is -0.130. The summed E-state index contributed by atoms with van der Waals surface area (Å²) in [7, 11) is 0. The lowest BCUT2D eigenvalue weighted by Crippen LogP contribution is -2.26. The molecular formula is C21H38O2. The predicted molar refractivity (Wildman–Crippen MR) is 96.3 cm³/mol. The van der Waals surface area contributed by atoms with Crippen LogP contribution in [0.25, 0.3) is 0 Å². The largest absolute Gasteiger partial charge is 0.466 e. The molecule has 23 heavy (non-hydrogen) atoms. The first-order valence-electron chi connectivity index (χ1n) is 10.3. The zero-order chi connectivity index (χ0) is 16.5. The van der Waals surface area contributed by atoms with Crippen molar-refractivity contribution < 1.29 is 9.53 Å². The molecule has 2 saturated carbocycles. The molecule has 0 aromatic heterocycles. The van der Waals surface area contributed by atoms with Gasteiger partial charge in [0.25, 0.3) is 0 Å². The van der Waals surface area contributed by atoms with Crippen LogP contribution in [0.5, 0.6) is 0 Å². The second-order valence-electron chi connectivity index (χ2n) is 8.19. The second kappa shape index (κ2) is 10.4. The van der Waals surface area contributed by atoms with Crippen LogP contribution in [-0.4, -0.2) is 12.6 Å². The first-order chi connectivity index (χ1) is 11.2. The van der Waals surface area contributed by atoms with Gasteiger partial charge >= 0.3 is 5.97 Å². The first-order valence-corrected chi connectivity index (χ1v) is 10.3. The van der Waals surface area contributed by atoms with E-state index in [1.165, 1.54) is 84.0 Å². The number of ether oxygens (including phenoxy) is 1. The molecule has 0 aliphatic heterocycles. The molecule has 0 heterocycles. The summed E-state index contributed by atoms with van der Waals surface area (Å²) in [5.41, 5.74) is 0. The van der Waals surface area contributed by atoms with Crippen molar-refractivity contribution >= 4 is 5.97 Å². The summed E-state index contributed by atoms with van der Waals surface area (Å²) < 4.78 is 5.10. The van der Waals surface area contributed by atoms with E-state index in [1.807, 2.05) is 0 Å². The maximum atomic E-state index is 10.8. The Morgan fingerprint density at radius 1 is 0.826 bits per heavy atom. The first kappa shape index (κ1) is 18.8. The molecule has 134 valence electrons. The molecule has 0 aromatic carbocycles. The third-order valence-electron chi connectivity index (χ3n) is 6.50. The van der Waals surface area contributed by atoms with Crippen molar-refractivity contribution in [1.82, 2.24) is 0 Å². The Hall–Kier alpha value is -0.530. The van der Waals surface area contributed by atoms with Gasteiger partial charge in [0.2, 0.25) is 0 Å². The molecule has 2 nitrogen and oxygen atoms in total. The standard InChI is InChI=1S/C21H38O2/c1-3-4-5-6-18-7-11-20(12-8-18)21-13-9-19(10-14-21)15-16-23-17(2)22/h18-21H,3-16H2,1-2H3. The Morgan fingerprint density at radius 2 is 1.35 bits per heavy atom. The van der Waals surface area contributed by atoms with Crippen molar-refractivity contribution in [3.8, 4) is 0 Å². The summed E-state index contributed by atoms with van der Waals surface area (Å²) in [6, 6.07) is 0. The maximum Gasteiger partial charge on any atom is 0.302 e. The lowest BCUT2D eigenvalue weighted by atomic mass is 9.68. The highest BCUT2D eigenvalue weighted by molar-refractivity contribution is 5.65. The Kier molecular flexibility index (Phi) is 8.47. The summed E-state index contributed by atoms with van der Waals surface area (Å²) in [4.78, 5) is 10.8. The van der Waals surface area contributed by atoms with E-state index in [0.717, 1.165) is 30.1 Å². The average Bonchev–Trinajstić information content (AvgIpc) is 2.56. The highest BCUT2D eigenvalue weighted by atomic mass is 16.5. The number of rotatable bonds is 8. The fourth-order valence-electron chi connectivity index (χ4n) is 4.95. The van der Waals surface area contributed by atoms with Gasteiger partial charge in [0.15, 0.2) is 0 Å². The predicted octanol–water partition coefficient (Wildman–Crippen LogP) is 6.13. The Bertz CT molecular complexity index is 323. The van der Waals surface area contributed by atoms with Crippen molar-refractivity contribution in [3.63, 3.8) is 0 Å². The van der Waals surface area contributed by atoms with Crippen LogP contribution in [0.4, 0.5) is 0 Å². The van der Waals surface area contributed by atoms with Gasteiger partial charge in [-0.1, -0.05) is 58.3 Å². The molecule has 0 spiro atoms. The van der Waals surface area contributed by atoms with Gasteiger partial charge in [-0.05, 0) is 55.8 Å². The minimum absolute atomic E-state index is 0.130. The summed E-state index contributed by atoms with van der Waals surface area (Å²) in [6.07, 6.45) is 18.4. The van der Waals surface area contributed by atoms with Gasteiger partial charge in [0, 0.05) is 6.92 Å². The fourth-order valence-corrected chi connectivity index (χ4v) is 4.95. The molecule has 2 aliphatic rings. The molecule has 2 heteroatoms. The monoisotopic (exact) mass is 322 g/mol. The average molecular weight is 323 g/mol. The second-order valence-corrected chi connectivity index (χ2v) is 8.19. The van der Waals surface area contributed by atoms with E-state index in [1.54, 1.807) is 0 Å². The summed E-state index contributed by atoms with van der Waals surface area (Å²) in [6.45, 7) is 4.45. The van der Waals surface area contributed by atoms with E-state index in [0.29, 0.717) is 6.61 Å². The minimum Gasteiger partial charge on any atom is -0.466 e. The van der Waals surface area contributed by atoms with Crippen molar-refractivity contribution in [1.29, 1.82) is 0 Å². The van der Waals surface area contributed by atoms with Crippen molar-refractivity contribution in [2.45, 2.75) is 97.3 Å². The molecule has 2 fully saturated rings. The molecule has 2 aliphatic carbocycles. The molecule has 0 N–H and O–H groups in total. The van der Waals surface area contributed by atoms with Gasteiger partial charge in [-0.25, -0.2) is 0 Å². The number of carbonyl (C=O) groups is 1. The smallest absolute Gasteiger partial charge is 0.302 e. The van der Waals surface area contributed by atoms with E-state index in [-0.39, 0.29) is 5.97 Å². The van der Waals surface area contributed by atoms with Crippen LogP contribution in [0.3, 0.4) is 0 Å². The fraction of sp³-hybridized carbons (Fsp3) is 0.952. The summed E-state index contributed by atoms with van der Waals surface area (Å²) in [5, 5.41) is 0. The van der Waals surface area contributed by atoms with E-state index in [2.05, 4.69) is 6.92 Å². The quantitative estimate of drug-likeness (QED) is 0.397. The highest BCUT2D eigenvalue weighted by Gasteiger charge is 2.30. The molecular weight excluding hydrogens is 284 g/mol. The maximum absolute atomic E-state index is 10.8. The van der Waals surface area contributed by atoms with E-state index < -0.39 is 0 Å². The van der Waals surface area contributed by atoms with E-state index >= 15 is 0 Å². The molecule has 0 unspecified atom stereocenters. The van der Waals surface area contributed by atoms with Crippen LogP contribution in [0.1, 0.15) is 97.3 Å². The molecule has 2 rings (SSSR count). The lowest BCUT2D eigenvalue weighted by molar-refractivity contribution is -0.141. The van der Waals surface area contributed by atoms with Crippen LogP contribution < -0.4 is 0 Å². The molecule has 0 saturated heterocycles. The Balaban J connectivity index is 1.58. The highest BCUT2D eigenvalue weighted by Crippen LogP contribution is 2.42. The van der Waals surface area contributed by atoms with Gasteiger partial charge in [0.05, 0.1) is 6.61 Å². The Labute approximate surface area is 143 Å². The number of esters is 1. The number of hydrogen-bond donors (Lipinski definition) is 0. The molecule has 0 radical (unpaired) electrons. The Morgan fingerprint density at radius 3 is 1.83 bits per heavy atom. The van der Waals surface area contributed by atoms with Gasteiger partial charge in [0.1, 0.15) is 0 Å².